The maximum Gasteiger partial charge on any atom is 0.191 e. The molecule has 1 fully saturated rings. The van der Waals surface area contributed by atoms with Crippen molar-refractivity contribution >= 4 is 29.9 Å². The van der Waals surface area contributed by atoms with E-state index in [1.54, 1.807) is 0 Å². The van der Waals surface area contributed by atoms with E-state index in [0.717, 1.165) is 25.6 Å². The lowest BCUT2D eigenvalue weighted by Gasteiger charge is -2.41. The maximum atomic E-state index is 4.32. The first kappa shape index (κ1) is 19.3. The third-order valence-corrected chi connectivity index (χ3v) is 4.69. The van der Waals surface area contributed by atoms with Crippen LogP contribution in [0.3, 0.4) is 0 Å². The molecule has 126 valence electrons. The minimum absolute atomic E-state index is 0. The van der Waals surface area contributed by atoms with E-state index in [9.17, 15) is 0 Å². The third-order valence-electron chi connectivity index (χ3n) is 4.69. The van der Waals surface area contributed by atoms with Gasteiger partial charge in [0.25, 0.3) is 0 Å². The van der Waals surface area contributed by atoms with Crippen LogP contribution in [0.2, 0.25) is 0 Å². The Labute approximate surface area is 151 Å². The number of aromatic nitrogens is 2. The zero-order valence-corrected chi connectivity index (χ0v) is 16.3. The van der Waals surface area contributed by atoms with E-state index in [0.29, 0.717) is 11.3 Å². The molecular formula is C16H30IN5. The van der Waals surface area contributed by atoms with Gasteiger partial charge in [-0.3, -0.25) is 9.67 Å². The molecule has 0 saturated heterocycles. The Hall–Kier alpha value is -0.790. The maximum absolute atomic E-state index is 4.32. The Kier molecular flexibility index (Phi) is 8.20. The van der Waals surface area contributed by atoms with Gasteiger partial charge in [-0.2, -0.15) is 5.10 Å². The second-order valence-electron chi connectivity index (χ2n) is 6.35. The number of nitrogens with one attached hydrogen (secondary N) is 2. The molecule has 0 radical (unpaired) electrons. The highest BCUT2D eigenvalue weighted by atomic mass is 127. The summed E-state index contributed by atoms with van der Waals surface area (Å²) in [6, 6.07) is 1.96. The first-order valence-corrected chi connectivity index (χ1v) is 8.09. The molecule has 0 aromatic carbocycles. The number of guanidine groups is 1. The summed E-state index contributed by atoms with van der Waals surface area (Å²) in [5, 5.41) is 11.2. The van der Waals surface area contributed by atoms with Gasteiger partial charge in [-0.25, -0.2) is 0 Å². The molecule has 2 N–H and O–H groups in total. The normalized spacial score (nSPS) is 18.0. The fraction of sp³-hybridized carbons (Fsp3) is 0.750. The topological polar surface area (TPSA) is 54.2 Å². The molecule has 0 spiro atoms. The van der Waals surface area contributed by atoms with Crippen molar-refractivity contribution in [2.24, 2.45) is 16.3 Å². The van der Waals surface area contributed by atoms with Crippen LogP contribution < -0.4 is 10.6 Å². The monoisotopic (exact) mass is 419 g/mol. The van der Waals surface area contributed by atoms with E-state index in [-0.39, 0.29) is 24.0 Å². The summed E-state index contributed by atoms with van der Waals surface area (Å²) in [7, 11) is 1.84. The minimum Gasteiger partial charge on any atom is -0.356 e. The lowest BCUT2D eigenvalue weighted by atomic mass is 9.67. The lowest BCUT2D eigenvalue weighted by Crippen LogP contribution is -2.47. The van der Waals surface area contributed by atoms with Gasteiger partial charge in [0.15, 0.2) is 5.96 Å². The molecule has 6 heteroatoms. The SMILES string of the molecule is CCC1(CNC(=NC)NCC(C)Cn2cccn2)CCC1.I. The van der Waals surface area contributed by atoms with Crippen LogP contribution in [0.4, 0.5) is 0 Å². The van der Waals surface area contributed by atoms with Gasteiger partial charge in [0.1, 0.15) is 0 Å². The number of aliphatic imine (C=N–C) groups is 1. The van der Waals surface area contributed by atoms with E-state index >= 15 is 0 Å². The zero-order chi connectivity index (χ0) is 15.1. The lowest BCUT2D eigenvalue weighted by molar-refractivity contribution is 0.131. The summed E-state index contributed by atoms with van der Waals surface area (Å²) < 4.78 is 1.98. The average molecular weight is 419 g/mol. The van der Waals surface area contributed by atoms with Gasteiger partial charge in [-0.15, -0.1) is 24.0 Å². The van der Waals surface area contributed by atoms with Crippen molar-refractivity contribution in [3.63, 3.8) is 0 Å². The molecule has 1 aromatic rings. The van der Waals surface area contributed by atoms with Gasteiger partial charge in [-0.1, -0.05) is 20.3 Å². The standard InChI is InChI=1S/C16H29N5.HI/c1-4-16(7-5-8-16)13-19-15(17-3)18-11-14(2)12-21-10-6-9-20-21;/h6,9-10,14H,4-5,7-8,11-13H2,1-3H3,(H2,17,18,19);1H. The Balaban J connectivity index is 0.00000242. The van der Waals surface area contributed by atoms with Crippen molar-refractivity contribution in [1.82, 2.24) is 20.4 Å². The van der Waals surface area contributed by atoms with Crippen molar-refractivity contribution in [1.29, 1.82) is 0 Å². The van der Waals surface area contributed by atoms with Crippen molar-refractivity contribution < 1.29 is 0 Å². The number of hydrogen-bond acceptors (Lipinski definition) is 2. The van der Waals surface area contributed by atoms with E-state index in [1.165, 1.54) is 25.7 Å². The summed E-state index contributed by atoms with van der Waals surface area (Å²) in [6.45, 7) is 7.38. The Morgan fingerprint density at radius 1 is 1.41 bits per heavy atom. The summed E-state index contributed by atoms with van der Waals surface area (Å²) in [4.78, 5) is 4.32. The first-order valence-electron chi connectivity index (χ1n) is 8.09. The third kappa shape index (κ3) is 5.44. The molecule has 1 saturated carbocycles. The average Bonchev–Trinajstić information content (AvgIpc) is 2.94. The van der Waals surface area contributed by atoms with E-state index < -0.39 is 0 Å². The van der Waals surface area contributed by atoms with Crippen molar-refractivity contribution in [3.8, 4) is 0 Å². The van der Waals surface area contributed by atoms with Crippen molar-refractivity contribution in [2.45, 2.75) is 46.1 Å². The fourth-order valence-electron chi connectivity index (χ4n) is 2.89. The molecule has 1 unspecified atom stereocenters. The molecule has 0 amide bonds. The number of nitrogens with zero attached hydrogens (tertiary/aromatic N) is 3. The van der Waals surface area contributed by atoms with Crippen LogP contribution in [0.15, 0.2) is 23.5 Å². The van der Waals surface area contributed by atoms with Gasteiger partial charge in [0, 0.05) is 39.1 Å². The summed E-state index contributed by atoms with van der Waals surface area (Å²) in [5.41, 5.74) is 0.512. The Morgan fingerprint density at radius 2 is 2.18 bits per heavy atom. The molecular weight excluding hydrogens is 389 g/mol. The highest BCUT2D eigenvalue weighted by Gasteiger charge is 2.34. The van der Waals surface area contributed by atoms with Gasteiger partial charge < -0.3 is 10.6 Å². The van der Waals surface area contributed by atoms with Gasteiger partial charge >= 0.3 is 0 Å². The van der Waals surface area contributed by atoms with Crippen LogP contribution in [-0.2, 0) is 6.54 Å². The quantitative estimate of drug-likeness (QED) is 0.406. The predicted octanol–water partition coefficient (Wildman–Crippen LogP) is 2.88. The fourth-order valence-corrected chi connectivity index (χ4v) is 2.89. The predicted molar refractivity (Wildman–Crippen MR) is 103 cm³/mol. The smallest absolute Gasteiger partial charge is 0.191 e. The highest BCUT2D eigenvalue weighted by Crippen LogP contribution is 2.42. The molecule has 0 aliphatic heterocycles. The molecule has 1 aliphatic carbocycles. The molecule has 1 atom stereocenters. The second-order valence-corrected chi connectivity index (χ2v) is 6.35. The molecule has 1 heterocycles. The van der Waals surface area contributed by atoms with Gasteiger partial charge in [0.05, 0.1) is 0 Å². The molecule has 1 aromatic heterocycles. The van der Waals surface area contributed by atoms with Crippen LogP contribution in [0, 0.1) is 11.3 Å². The molecule has 2 rings (SSSR count). The van der Waals surface area contributed by atoms with Crippen molar-refractivity contribution in [3.05, 3.63) is 18.5 Å². The van der Waals surface area contributed by atoms with Crippen LogP contribution >= 0.6 is 24.0 Å². The van der Waals surface area contributed by atoms with Gasteiger partial charge in [-0.05, 0) is 36.7 Å². The van der Waals surface area contributed by atoms with E-state index in [1.807, 2.05) is 30.2 Å². The van der Waals surface area contributed by atoms with E-state index in [2.05, 4.69) is 34.6 Å². The molecule has 22 heavy (non-hydrogen) atoms. The Bertz CT molecular complexity index is 434. The zero-order valence-electron chi connectivity index (χ0n) is 14.0. The van der Waals surface area contributed by atoms with Crippen LogP contribution in [0.5, 0.6) is 0 Å². The number of hydrogen-bond donors (Lipinski definition) is 2. The number of rotatable bonds is 7. The molecule has 5 nitrogen and oxygen atoms in total. The van der Waals surface area contributed by atoms with Crippen LogP contribution in [0.25, 0.3) is 0 Å². The summed E-state index contributed by atoms with van der Waals surface area (Å²) in [5.74, 6) is 1.43. The van der Waals surface area contributed by atoms with Gasteiger partial charge in [0.2, 0.25) is 0 Å². The highest BCUT2D eigenvalue weighted by molar-refractivity contribution is 14.0. The second kappa shape index (κ2) is 9.37. The Morgan fingerprint density at radius 3 is 2.68 bits per heavy atom. The van der Waals surface area contributed by atoms with Crippen LogP contribution in [-0.4, -0.2) is 35.9 Å². The summed E-state index contributed by atoms with van der Waals surface area (Å²) in [6.07, 6.45) is 9.16. The first-order chi connectivity index (χ1) is 10.2. The largest absolute Gasteiger partial charge is 0.356 e. The van der Waals surface area contributed by atoms with Crippen LogP contribution in [0.1, 0.15) is 39.5 Å². The molecule has 0 bridgehead atoms. The summed E-state index contributed by atoms with van der Waals surface area (Å²) >= 11 is 0. The molecule has 1 aliphatic rings. The van der Waals surface area contributed by atoms with E-state index in [4.69, 9.17) is 0 Å². The minimum atomic E-state index is 0. The number of halogens is 1. The van der Waals surface area contributed by atoms with Crippen molar-refractivity contribution in [2.75, 3.05) is 20.1 Å².